The zero-order valence-electron chi connectivity index (χ0n) is 32.3. The molecule has 2 atom stereocenters. The topological polar surface area (TPSA) is 75.3 Å². The van der Waals surface area contributed by atoms with Crippen molar-refractivity contribution in [1.29, 1.82) is 0 Å². The molecule has 7 heteroatoms. The average molecular weight is 672 g/mol. The summed E-state index contributed by atoms with van der Waals surface area (Å²) < 4.78 is 28.8. The Morgan fingerprint density at radius 3 is 1.47 bits per heavy atom. The molecule has 0 fully saturated rings. The van der Waals surface area contributed by atoms with Crippen molar-refractivity contribution in [3.8, 4) is 0 Å². The van der Waals surface area contributed by atoms with Crippen molar-refractivity contribution in [2.75, 3.05) is 46.7 Å². The second kappa shape index (κ2) is 35.0. The van der Waals surface area contributed by atoms with Gasteiger partial charge in [-0.2, -0.15) is 0 Å². The van der Waals surface area contributed by atoms with Crippen LogP contribution in [0.4, 0.5) is 4.79 Å². The van der Waals surface area contributed by atoms with E-state index in [0.717, 1.165) is 19.4 Å². The number of methoxy groups -OCH3 is 1. The van der Waals surface area contributed by atoms with Crippen LogP contribution in [0.15, 0.2) is 0 Å². The largest absolute Gasteiger partial charge is 0.441 e. The van der Waals surface area contributed by atoms with Crippen LogP contribution in [0, 0.1) is 0 Å². The lowest BCUT2D eigenvalue weighted by molar-refractivity contribution is -0.0722. The first-order valence-electron chi connectivity index (χ1n) is 20.1. The maximum absolute atomic E-state index is 12.6. The number of rotatable bonds is 37. The lowest BCUT2D eigenvalue weighted by Crippen LogP contribution is -2.42. The maximum atomic E-state index is 12.6. The lowest BCUT2D eigenvalue weighted by Gasteiger charge is -2.27. The van der Waals surface area contributed by atoms with Gasteiger partial charge in [-0.3, -0.25) is 0 Å². The van der Waals surface area contributed by atoms with E-state index in [0.29, 0.717) is 33.0 Å². The molecule has 0 aliphatic rings. The molecule has 0 aliphatic heterocycles. The number of ether oxygens (including phenoxy) is 5. The number of nitrogens with one attached hydrogen (secondary N) is 1. The van der Waals surface area contributed by atoms with Crippen LogP contribution in [-0.4, -0.2) is 70.6 Å². The van der Waals surface area contributed by atoms with Crippen LogP contribution in [0.1, 0.15) is 189 Å². The van der Waals surface area contributed by atoms with Gasteiger partial charge in [0.1, 0.15) is 5.60 Å². The second-order valence-corrected chi connectivity index (χ2v) is 14.5. The highest BCUT2D eigenvalue weighted by Gasteiger charge is 2.25. The molecule has 0 saturated carbocycles. The molecular weight excluding hydrogens is 590 g/mol. The number of amides is 1. The number of hydrogen-bond acceptors (Lipinski definition) is 6. The molecule has 47 heavy (non-hydrogen) atoms. The predicted molar refractivity (Wildman–Crippen MR) is 199 cm³/mol. The highest BCUT2D eigenvalue weighted by Crippen LogP contribution is 2.14. The first kappa shape index (κ1) is 46.1. The van der Waals surface area contributed by atoms with Gasteiger partial charge in [0.25, 0.3) is 0 Å². The number of hydrogen-bond donors (Lipinski definition) is 1. The quantitative estimate of drug-likeness (QED) is 0.0663. The Labute approximate surface area is 292 Å². The van der Waals surface area contributed by atoms with Gasteiger partial charge in [0.2, 0.25) is 0 Å². The summed E-state index contributed by atoms with van der Waals surface area (Å²) in [6.45, 7) is 13.3. The van der Waals surface area contributed by atoms with Crippen LogP contribution in [0.2, 0.25) is 0 Å². The Morgan fingerprint density at radius 2 is 1.02 bits per heavy atom. The highest BCUT2D eigenvalue weighted by molar-refractivity contribution is 5.67. The molecule has 0 rings (SSSR count). The van der Waals surface area contributed by atoms with Gasteiger partial charge in [-0.25, -0.2) is 4.79 Å². The molecule has 0 aliphatic carbocycles. The van der Waals surface area contributed by atoms with Crippen molar-refractivity contribution in [1.82, 2.24) is 5.32 Å². The molecular formula is C40H81NO6. The number of alkyl carbamates (subject to hydrolysis) is 1. The summed E-state index contributed by atoms with van der Waals surface area (Å²) in [5.74, 6) is 0. The number of carbonyl (C=O) groups excluding carboxylic acids is 1. The Balaban J connectivity index is 4.26. The van der Waals surface area contributed by atoms with Crippen molar-refractivity contribution in [2.45, 2.75) is 207 Å². The summed E-state index contributed by atoms with van der Waals surface area (Å²) >= 11 is 0. The van der Waals surface area contributed by atoms with E-state index in [4.69, 9.17) is 23.7 Å². The Morgan fingerprint density at radius 1 is 0.596 bits per heavy atom. The molecule has 0 saturated heterocycles. The van der Waals surface area contributed by atoms with Gasteiger partial charge in [-0.05, 0) is 33.6 Å². The summed E-state index contributed by atoms with van der Waals surface area (Å²) in [7, 11) is 1.65. The summed E-state index contributed by atoms with van der Waals surface area (Å²) in [5, 5.41) is 2.90. The SMILES string of the molecule is CCCCCCCCCCCCCCOCC(CNC(=O)OC(C)(C)COC(C)COC)OCCCCCCCCCCCCCC. The van der Waals surface area contributed by atoms with E-state index in [1.807, 2.05) is 20.8 Å². The molecule has 1 amide bonds. The van der Waals surface area contributed by atoms with Gasteiger partial charge in [-0.1, -0.05) is 155 Å². The fourth-order valence-electron chi connectivity index (χ4n) is 5.76. The van der Waals surface area contributed by atoms with E-state index in [-0.39, 0.29) is 12.2 Å². The summed E-state index contributed by atoms with van der Waals surface area (Å²) in [5.41, 5.74) is -0.747. The van der Waals surface area contributed by atoms with Gasteiger partial charge in [0.15, 0.2) is 0 Å². The average Bonchev–Trinajstić information content (AvgIpc) is 3.04. The summed E-state index contributed by atoms with van der Waals surface area (Å²) in [6, 6.07) is 0. The van der Waals surface area contributed by atoms with Crippen molar-refractivity contribution < 1.29 is 28.5 Å². The van der Waals surface area contributed by atoms with E-state index < -0.39 is 11.7 Å². The van der Waals surface area contributed by atoms with E-state index >= 15 is 0 Å². The molecule has 0 spiro atoms. The van der Waals surface area contributed by atoms with Gasteiger partial charge in [0.05, 0.1) is 32.0 Å². The number of unbranched alkanes of at least 4 members (excludes halogenated alkanes) is 22. The van der Waals surface area contributed by atoms with Gasteiger partial charge in [0, 0.05) is 26.9 Å². The van der Waals surface area contributed by atoms with Crippen molar-refractivity contribution in [2.24, 2.45) is 0 Å². The second-order valence-electron chi connectivity index (χ2n) is 14.5. The maximum Gasteiger partial charge on any atom is 0.407 e. The Hall–Kier alpha value is -0.890. The summed E-state index contributed by atoms with van der Waals surface area (Å²) in [4.78, 5) is 12.6. The van der Waals surface area contributed by atoms with Crippen LogP contribution in [0.25, 0.3) is 0 Å². The standard InChI is InChI=1S/C40H81NO6/c1-7-9-11-13-15-17-19-21-23-25-27-29-31-44-35-38(33-41-39(42)47-40(4,5)36-46-37(3)34-43-6)45-32-30-28-26-24-22-20-18-16-14-12-10-8-2/h37-38H,7-36H2,1-6H3,(H,41,42). The Bertz CT molecular complexity index is 646. The smallest absolute Gasteiger partial charge is 0.407 e. The monoisotopic (exact) mass is 672 g/mol. The van der Waals surface area contributed by atoms with Crippen LogP contribution in [0.5, 0.6) is 0 Å². The molecule has 0 heterocycles. The molecule has 0 bridgehead atoms. The van der Waals surface area contributed by atoms with Crippen LogP contribution >= 0.6 is 0 Å². The predicted octanol–water partition coefficient (Wildman–Crippen LogP) is 11.3. The molecule has 0 aromatic heterocycles. The molecule has 7 nitrogen and oxygen atoms in total. The zero-order chi connectivity index (χ0) is 34.7. The van der Waals surface area contributed by atoms with E-state index in [1.165, 1.54) is 141 Å². The molecule has 0 aromatic carbocycles. The Kier molecular flexibility index (Phi) is 34.3. The first-order valence-corrected chi connectivity index (χ1v) is 20.1. The third-order valence-corrected chi connectivity index (χ3v) is 8.76. The lowest BCUT2D eigenvalue weighted by atomic mass is 10.1. The van der Waals surface area contributed by atoms with Crippen molar-refractivity contribution in [3.05, 3.63) is 0 Å². The van der Waals surface area contributed by atoms with Gasteiger partial charge in [-0.15, -0.1) is 0 Å². The fraction of sp³-hybridized carbons (Fsp3) is 0.975. The van der Waals surface area contributed by atoms with Gasteiger partial charge >= 0.3 is 6.09 Å². The molecule has 1 N–H and O–H groups in total. The number of carbonyl (C=O) groups is 1. The third-order valence-electron chi connectivity index (χ3n) is 8.76. The fourth-order valence-corrected chi connectivity index (χ4v) is 5.76. The van der Waals surface area contributed by atoms with Crippen LogP contribution < -0.4 is 5.32 Å². The van der Waals surface area contributed by atoms with Crippen molar-refractivity contribution in [3.63, 3.8) is 0 Å². The van der Waals surface area contributed by atoms with Crippen LogP contribution in [-0.2, 0) is 23.7 Å². The van der Waals surface area contributed by atoms with E-state index in [1.54, 1.807) is 7.11 Å². The van der Waals surface area contributed by atoms with E-state index in [9.17, 15) is 4.79 Å². The highest BCUT2D eigenvalue weighted by atomic mass is 16.6. The van der Waals surface area contributed by atoms with Gasteiger partial charge < -0.3 is 29.0 Å². The zero-order valence-corrected chi connectivity index (χ0v) is 32.3. The van der Waals surface area contributed by atoms with Crippen LogP contribution in [0.3, 0.4) is 0 Å². The normalized spacial score (nSPS) is 13.1. The molecule has 0 aromatic rings. The first-order chi connectivity index (χ1) is 22.8. The molecule has 0 radical (unpaired) electrons. The van der Waals surface area contributed by atoms with Crippen molar-refractivity contribution >= 4 is 6.09 Å². The molecule has 282 valence electrons. The van der Waals surface area contributed by atoms with E-state index in [2.05, 4.69) is 19.2 Å². The minimum atomic E-state index is -0.747. The minimum Gasteiger partial charge on any atom is -0.441 e. The minimum absolute atomic E-state index is 0.0636. The molecule has 2 unspecified atom stereocenters. The third kappa shape index (κ3) is 34.8. The summed E-state index contributed by atoms with van der Waals surface area (Å²) in [6.07, 6.45) is 31.1.